The Morgan fingerprint density at radius 1 is 1.23 bits per heavy atom. The van der Waals surface area contributed by atoms with E-state index in [9.17, 15) is 19.2 Å². The first-order chi connectivity index (χ1) is 16.4. The number of carbonyl (C=O) groups is 4. The van der Waals surface area contributed by atoms with Crippen LogP contribution in [-0.2, 0) is 23.9 Å². The van der Waals surface area contributed by atoms with E-state index in [1.165, 1.54) is 0 Å². The molecule has 1 aliphatic heterocycles. The number of nitrogens with two attached hydrogens (primary N) is 1. The molecule has 1 fully saturated rings. The van der Waals surface area contributed by atoms with E-state index in [0.717, 1.165) is 0 Å². The first-order valence-corrected chi connectivity index (χ1v) is 12.3. The zero-order valence-corrected chi connectivity index (χ0v) is 22.0. The van der Waals surface area contributed by atoms with Crippen LogP contribution in [0.1, 0.15) is 60.8 Å². The second-order valence-electron chi connectivity index (χ2n) is 10.2. The summed E-state index contributed by atoms with van der Waals surface area (Å²) in [6.07, 6.45) is 6.36. The van der Waals surface area contributed by atoms with Gasteiger partial charge in [0.1, 0.15) is 6.04 Å². The molecule has 0 aromatic heterocycles. The summed E-state index contributed by atoms with van der Waals surface area (Å²) >= 11 is 0. The van der Waals surface area contributed by atoms with E-state index in [2.05, 4.69) is 21.9 Å². The molecule has 0 spiro atoms. The van der Waals surface area contributed by atoms with Crippen LogP contribution < -0.4 is 21.7 Å². The first-order valence-electron chi connectivity index (χ1n) is 12.3. The van der Waals surface area contributed by atoms with Crippen LogP contribution in [0, 0.1) is 29.6 Å². The van der Waals surface area contributed by atoms with Gasteiger partial charge in [0.15, 0.2) is 0 Å². The number of amides is 3. The van der Waals surface area contributed by atoms with E-state index in [4.69, 9.17) is 16.9 Å². The van der Waals surface area contributed by atoms with Gasteiger partial charge in [0.25, 0.3) is 5.91 Å². The van der Waals surface area contributed by atoms with E-state index in [1.54, 1.807) is 11.8 Å². The van der Waals surface area contributed by atoms with Gasteiger partial charge in [-0.1, -0.05) is 34.6 Å². The van der Waals surface area contributed by atoms with Gasteiger partial charge in [-0.15, -0.1) is 12.3 Å². The third-order valence-electron chi connectivity index (χ3n) is 6.24. The lowest BCUT2D eigenvalue weighted by molar-refractivity contribution is -0.145. The molecule has 1 heterocycles. The van der Waals surface area contributed by atoms with Crippen LogP contribution in [0.15, 0.2) is 0 Å². The fraction of sp³-hybridized carbons (Fsp3) is 0.760. The average Bonchev–Trinajstić information content (AvgIpc) is 3.23. The van der Waals surface area contributed by atoms with Crippen LogP contribution in [-0.4, -0.2) is 73.1 Å². The van der Waals surface area contributed by atoms with Gasteiger partial charge in [-0.05, 0) is 37.0 Å². The van der Waals surface area contributed by atoms with Gasteiger partial charge in [-0.2, -0.15) is 0 Å². The van der Waals surface area contributed by atoms with Gasteiger partial charge in [0.05, 0.1) is 25.5 Å². The van der Waals surface area contributed by atoms with Gasteiger partial charge < -0.3 is 26.0 Å². The molecule has 1 saturated heterocycles. The van der Waals surface area contributed by atoms with Crippen molar-refractivity contribution in [2.24, 2.45) is 23.0 Å². The predicted octanol–water partition coefficient (Wildman–Crippen LogP) is 0.358. The number of carbonyl (C=O) groups excluding carboxylic acids is 4. The number of hydrogen-bond acceptors (Lipinski definition) is 7. The number of Topliss-reactive ketones (excluding diaryl/α,β-unsaturated/α-hetero) is 1. The Balaban J connectivity index is 3.22. The van der Waals surface area contributed by atoms with E-state index < -0.39 is 41.1 Å². The van der Waals surface area contributed by atoms with E-state index in [1.807, 2.05) is 34.6 Å². The Bertz CT molecular complexity index is 786. The number of rotatable bonds is 13. The van der Waals surface area contributed by atoms with Crippen molar-refractivity contribution in [3.63, 3.8) is 0 Å². The molecular formula is C25H43N5O5. The molecule has 198 valence electrons. The lowest BCUT2D eigenvalue weighted by atomic mass is 9.84. The highest BCUT2D eigenvalue weighted by molar-refractivity contribution is 6.38. The molecular weight excluding hydrogens is 450 g/mol. The number of ketones is 1. The summed E-state index contributed by atoms with van der Waals surface area (Å²) in [4.78, 5) is 53.7. The summed E-state index contributed by atoms with van der Waals surface area (Å²) in [5, 5.41) is 8.30. The maximum absolute atomic E-state index is 13.7. The smallest absolute Gasteiger partial charge is 0.289 e. The molecule has 10 nitrogen and oxygen atoms in total. The Kier molecular flexibility index (Phi) is 12.4. The van der Waals surface area contributed by atoms with Crippen molar-refractivity contribution in [3.05, 3.63) is 0 Å². The molecule has 1 unspecified atom stereocenters. The van der Waals surface area contributed by atoms with Crippen LogP contribution in [0.5, 0.6) is 0 Å². The number of hydrogen-bond donors (Lipinski definition) is 4. The Hall–Kier alpha value is -2.48. The molecule has 0 radical (unpaired) electrons. The van der Waals surface area contributed by atoms with Crippen LogP contribution in [0.4, 0.5) is 0 Å². The van der Waals surface area contributed by atoms with Crippen molar-refractivity contribution < 1.29 is 23.9 Å². The minimum Gasteiger partial charge on any atom is -0.351 e. The lowest BCUT2D eigenvalue weighted by Gasteiger charge is -2.37. The third kappa shape index (κ3) is 8.60. The van der Waals surface area contributed by atoms with Gasteiger partial charge >= 0.3 is 0 Å². The summed E-state index contributed by atoms with van der Waals surface area (Å²) in [5.41, 5.74) is 4.94. The summed E-state index contributed by atoms with van der Waals surface area (Å²) in [6, 6.07) is -2.46. The minimum atomic E-state index is -1.06. The standard InChI is InChI=1S/C25H43N5O5/c1-8-10-11-18(20(31)23(33)27-9-2)29-22(32)19-17(16(3)4)12-13-30(19)24(34)21(25(5,6)7)28-15-35-14-26/h1,16-19,21,28H,9-15,26H2,2-7H3,(H,27,33)(H,29,32)/t17-,18?,19+,21-/m1/s1. The fourth-order valence-corrected chi connectivity index (χ4v) is 4.39. The van der Waals surface area contributed by atoms with Crippen molar-refractivity contribution >= 4 is 23.5 Å². The average molecular weight is 494 g/mol. The molecule has 0 bridgehead atoms. The largest absolute Gasteiger partial charge is 0.351 e. The lowest BCUT2D eigenvalue weighted by Crippen LogP contribution is -2.59. The van der Waals surface area contributed by atoms with Crippen molar-refractivity contribution in [2.75, 3.05) is 26.6 Å². The number of nitrogens with zero attached hydrogens (tertiary/aromatic N) is 1. The van der Waals surface area contributed by atoms with Crippen molar-refractivity contribution in [1.29, 1.82) is 0 Å². The highest BCUT2D eigenvalue weighted by Gasteiger charge is 2.47. The second-order valence-corrected chi connectivity index (χ2v) is 10.2. The van der Waals surface area contributed by atoms with Gasteiger partial charge in [-0.3, -0.25) is 24.5 Å². The Morgan fingerprint density at radius 2 is 1.89 bits per heavy atom. The number of likely N-dealkylation sites (tertiary alicyclic amines) is 1. The summed E-state index contributed by atoms with van der Waals surface area (Å²) in [7, 11) is 0. The maximum Gasteiger partial charge on any atom is 0.289 e. The van der Waals surface area contributed by atoms with Crippen molar-refractivity contribution in [3.8, 4) is 12.3 Å². The molecule has 1 aliphatic rings. The molecule has 35 heavy (non-hydrogen) atoms. The van der Waals surface area contributed by atoms with Crippen LogP contribution >= 0.6 is 0 Å². The summed E-state index contributed by atoms with van der Waals surface area (Å²) < 4.78 is 5.19. The molecule has 5 N–H and O–H groups in total. The maximum atomic E-state index is 13.7. The number of terminal acetylenes is 1. The van der Waals surface area contributed by atoms with Crippen LogP contribution in [0.2, 0.25) is 0 Å². The topological polar surface area (TPSA) is 143 Å². The molecule has 0 aromatic carbocycles. The van der Waals surface area contributed by atoms with E-state index in [-0.39, 0.29) is 50.6 Å². The van der Waals surface area contributed by atoms with Crippen molar-refractivity contribution in [1.82, 2.24) is 20.9 Å². The third-order valence-corrected chi connectivity index (χ3v) is 6.24. The number of nitrogens with one attached hydrogen (secondary N) is 3. The molecule has 10 heteroatoms. The van der Waals surface area contributed by atoms with Crippen molar-refractivity contribution in [2.45, 2.75) is 78.9 Å². The summed E-state index contributed by atoms with van der Waals surface area (Å²) in [6.45, 7) is 12.3. The van der Waals surface area contributed by atoms with Gasteiger partial charge in [-0.25, -0.2) is 0 Å². The summed E-state index contributed by atoms with van der Waals surface area (Å²) in [5.74, 6) is 0.258. The van der Waals surface area contributed by atoms with Crippen LogP contribution in [0.25, 0.3) is 0 Å². The number of ether oxygens (including phenoxy) is 1. The SMILES string of the molecule is C#CCCC(NC(=O)[C@@H]1[C@@H](C(C)C)CCN1C(=O)[C@@H](NCOCN)C(C)(C)C)C(=O)C(=O)NCC. The molecule has 3 amide bonds. The molecule has 0 aromatic rings. The zero-order chi connectivity index (χ0) is 26.8. The van der Waals surface area contributed by atoms with Gasteiger partial charge in [0, 0.05) is 19.5 Å². The predicted molar refractivity (Wildman–Crippen MR) is 134 cm³/mol. The molecule has 0 saturated carbocycles. The monoisotopic (exact) mass is 493 g/mol. The number of likely N-dealkylation sites (N-methyl/N-ethyl adjacent to an activating group) is 1. The fourth-order valence-electron chi connectivity index (χ4n) is 4.39. The normalized spacial score (nSPS) is 19.7. The molecule has 4 atom stereocenters. The highest BCUT2D eigenvalue weighted by atomic mass is 16.5. The Labute approximate surface area is 209 Å². The van der Waals surface area contributed by atoms with E-state index in [0.29, 0.717) is 13.0 Å². The molecule has 1 rings (SSSR count). The first kappa shape index (κ1) is 30.6. The van der Waals surface area contributed by atoms with Gasteiger partial charge in [0.2, 0.25) is 17.6 Å². The quantitative estimate of drug-likeness (QED) is 0.126. The Morgan fingerprint density at radius 3 is 2.40 bits per heavy atom. The van der Waals surface area contributed by atoms with E-state index >= 15 is 0 Å². The molecule has 0 aliphatic carbocycles. The zero-order valence-electron chi connectivity index (χ0n) is 22.0. The van der Waals surface area contributed by atoms with Crippen LogP contribution in [0.3, 0.4) is 0 Å². The second kappa shape index (κ2) is 14.2. The minimum absolute atomic E-state index is 0.0148. The highest BCUT2D eigenvalue weighted by Crippen LogP contribution is 2.33.